The molecule has 1 rings (SSSR count). The minimum Gasteiger partial charge on any atom is -0.481 e. The lowest BCUT2D eigenvalue weighted by Gasteiger charge is -2.07. The van der Waals surface area contributed by atoms with Crippen molar-refractivity contribution in [2.45, 2.75) is 26.2 Å². The monoisotopic (exact) mass is 303 g/mol. The van der Waals surface area contributed by atoms with Gasteiger partial charge in [0.05, 0.1) is 15.8 Å². The summed E-state index contributed by atoms with van der Waals surface area (Å²) < 4.78 is 0. The van der Waals surface area contributed by atoms with Crippen molar-refractivity contribution in [1.29, 1.82) is 0 Å². The molecule has 0 fully saturated rings. The van der Waals surface area contributed by atoms with Crippen molar-refractivity contribution >= 4 is 34.9 Å². The van der Waals surface area contributed by atoms with Gasteiger partial charge >= 0.3 is 5.97 Å². The van der Waals surface area contributed by atoms with Gasteiger partial charge in [-0.25, -0.2) is 0 Å². The van der Waals surface area contributed by atoms with Crippen LogP contribution in [-0.4, -0.2) is 23.4 Å². The smallest absolute Gasteiger partial charge is 0.303 e. The van der Waals surface area contributed by atoms with Gasteiger partial charge in [0.1, 0.15) is 6.61 Å². The van der Waals surface area contributed by atoms with Gasteiger partial charge < -0.3 is 9.94 Å². The molecule has 0 saturated carbocycles. The Balaban J connectivity index is 2.83. The summed E-state index contributed by atoms with van der Waals surface area (Å²) in [7, 11) is 0. The average molecular weight is 304 g/mol. The summed E-state index contributed by atoms with van der Waals surface area (Å²) in [6.45, 7) is 2.27. The molecule has 0 amide bonds. The standard InChI is InChI=1S/C13H15Cl2NO3/c1-2-19-16-12(4-3-5-13(17)18)9-6-7-10(14)11(15)8-9/h6-8H,2-5H2,1H3,(H,17,18)/b16-12-. The third-order valence-corrected chi connectivity index (χ3v) is 3.10. The lowest BCUT2D eigenvalue weighted by atomic mass is 10.0. The van der Waals surface area contributed by atoms with Crippen LogP contribution >= 0.6 is 23.2 Å². The predicted molar refractivity (Wildman–Crippen MR) is 76.1 cm³/mol. The molecule has 0 spiro atoms. The van der Waals surface area contributed by atoms with Crippen LogP contribution in [-0.2, 0) is 9.63 Å². The summed E-state index contributed by atoms with van der Waals surface area (Å²) in [6.07, 6.45) is 1.08. The second-order valence-corrected chi connectivity index (χ2v) is 4.65. The van der Waals surface area contributed by atoms with E-state index >= 15 is 0 Å². The normalized spacial score (nSPS) is 11.4. The van der Waals surface area contributed by atoms with Crippen molar-refractivity contribution in [3.05, 3.63) is 33.8 Å². The van der Waals surface area contributed by atoms with E-state index in [1.54, 1.807) is 18.2 Å². The number of carbonyl (C=O) groups is 1. The second kappa shape index (κ2) is 8.02. The van der Waals surface area contributed by atoms with Crippen LogP contribution in [0.15, 0.2) is 23.4 Å². The molecule has 0 saturated heterocycles. The summed E-state index contributed by atoms with van der Waals surface area (Å²) >= 11 is 11.8. The van der Waals surface area contributed by atoms with Gasteiger partial charge in [-0.2, -0.15) is 0 Å². The number of halogens is 2. The van der Waals surface area contributed by atoms with Gasteiger partial charge in [0, 0.05) is 12.0 Å². The third-order valence-electron chi connectivity index (χ3n) is 2.36. The first kappa shape index (κ1) is 15.8. The second-order valence-electron chi connectivity index (χ2n) is 3.83. The van der Waals surface area contributed by atoms with Gasteiger partial charge in [0.15, 0.2) is 0 Å². The van der Waals surface area contributed by atoms with Crippen molar-refractivity contribution < 1.29 is 14.7 Å². The van der Waals surface area contributed by atoms with Crippen molar-refractivity contribution in [2.24, 2.45) is 5.16 Å². The van der Waals surface area contributed by atoms with E-state index in [0.29, 0.717) is 35.2 Å². The van der Waals surface area contributed by atoms with Crippen LogP contribution in [0.1, 0.15) is 31.7 Å². The van der Waals surface area contributed by atoms with Crippen LogP contribution in [0.4, 0.5) is 0 Å². The SMILES string of the molecule is CCO/N=C(/CCCC(=O)O)c1ccc(Cl)c(Cl)c1. The molecule has 104 valence electrons. The molecule has 0 radical (unpaired) electrons. The van der Waals surface area contributed by atoms with Crippen molar-refractivity contribution in [1.82, 2.24) is 0 Å². The Morgan fingerprint density at radius 2 is 2.05 bits per heavy atom. The molecular weight excluding hydrogens is 289 g/mol. The zero-order chi connectivity index (χ0) is 14.3. The molecule has 0 aliphatic rings. The minimum absolute atomic E-state index is 0.0897. The molecule has 4 nitrogen and oxygen atoms in total. The molecule has 0 aromatic heterocycles. The van der Waals surface area contributed by atoms with Crippen molar-refractivity contribution in [3.8, 4) is 0 Å². The van der Waals surface area contributed by atoms with Crippen LogP contribution in [0.3, 0.4) is 0 Å². The highest BCUT2D eigenvalue weighted by molar-refractivity contribution is 6.42. The molecular formula is C13H15Cl2NO3. The van der Waals surface area contributed by atoms with Crippen LogP contribution in [0, 0.1) is 0 Å². The average Bonchev–Trinajstić information content (AvgIpc) is 2.36. The summed E-state index contributed by atoms with van der Waals surface area (Å²) in [5.41, 5.74) is 1.45. The van der Waals surface area contributed by atoms with Gasteiger partial charge in [-0.1, -0.05) is 34.4 Å². The molecule has 1 aromatic rings. The predicted octanol–water partition coefficient (Wildman–Crippen LogP) is 3.99. The van der Waals surface area contributed by atoms with E-state index in [-0.39, 0.29) is 6.42 Å². The largest absolute Gasteiger partial charge is 0.481 e. The summed E-state index contributed by atoms with van der Waals surface area (Å²) in [6, 6.07) is 5.16. The van der Waals surface area contributed by atoms with Gasteiger partial charge in [0.2, 0.25) is 0 Å². The number of carboxylic acid groups (broad SMARTS) is 1. The third kappa shape index (κ3) is 5.49. The van der Waals surface area contributed by atoms with Gasteiger partial charge in [-0.3, -0.25) is 4.79 Å². The molecule has 6 heteroatoms. The van der Waals surface area contributed by atoms with Crippen LogP contribution in [0.5, 0.6) is 0 Å². The Hall–Kier alpha value is -1.26. The minimum atomic E-state index is -0.829. The number of oxime groups is 1. The van der Waals surface area contributed by atoms with Crippen LogP contribution < -0.4 is 0 Å². The molecule has 0 atom stereocenters. The highest BCUT2D eigenvalue weighted by Crippen LogP contribution is 2.23. The molecule has 0 aliphatic carbocycles. The lowest BCUT2D eigenvalue weighted by molar-refractivity contribution is -0.137. The lowest BCUT2D eigenvalue weighted by Crippen LogP contribution is -2.04. The van der Waals surface area contributed by atoms with Crippen molar-refractivity contribution in [3.63, 3.8) is 0 Å². The number of rotatable bonds is 7. The maximum Gasteiger partial charge on any atom is 0.303 e. The Kier molecular flexibility index (Phi) is 6.67. The quantitative estimate of drug-likeness (QED) is 0.612. The Bertz CT molecular complexity index is 475. The number of nitrogens with zero attached hydrogens (tertiary/aromatic N) is 1. The zero-order valence-corrected chi connectivity index (χ0v) is 12.0. The van der Waals surface area contributed by atoms with Gasteiger partial charge in [-0.05, 0) is 31.9 Å². The molecule has 1 N–H and O–H groups in total. The van der Waals surface area contributed by atoms with Crippen LogP contribution in [0.2, 0.25) is 10.0 Å². The highest BCUT2D eigenvalue weighted by atomic mass is 35.5. The fourth-order valence-corrected chi connectivity index (χ4v) is 1.77. The first-order valence-electron chi connectivity index (χ1n) is 5.90. The van der Waals surface area contributed by atoms with Gasteiger partial charge in [-0.15, -0.1) is 0 Å². The maximum absolute atomic E-state index is 10.5. The van der Waals surface area contributed by atoms with E-state index in [4.69, 9.17) is 33.1 Å². The maximum atomic E-state index is 10.5. The zero-order valence-electron chi connectivity index (χ0n) is 10.5. The number of carboxylic acids is 1. The van der Waals surface area contributed by atoms with Crippen LogP contribution in [0.25, 0.3) is 0 Å². The molecule has 1 aromatic carbocycles. The van der Waals surface area contributed by atoms with E-state index < -0.39 is 5.97 Å². The molecule has 0 unspecified atom stereocenters. The highest BCUT2D eigenvalue weighted by Gasteiger charge is 2.09. The molecule has 0 heterocycles. The first-order chi connectivity index (χ1) is 9.04. The molecule has 0 bridgehead atoms. The summed E-state index contributed by atoms with van der Waals surface area (Å²) in [4.78, 5) is 15.6. The number of hydrogen-bond donors (Lipinski definition) is 1. The van der Waals surface area contributed by atoms with Gasteiger partial charge in [0.25, 0.3) is 0 Å². The van der Waals surface area contributed by atoms with Crippen molar-refractivity contribution in [2.75, 3.05) is 6.61 Å². The molecule has 0 aliphatic heterocycles. The number of aliphatic carboxylic acids is 1. The van der Waals surface area contributed by atoms with E-state index in [1.165, 1.54) is 0 Å². The fourth-order valence-electron chi connectivity index (χ4n) is 1.47. The Morgan fingerprint density at radius 3 is 2.63 bits per heavy atom. The summed E-state index contributed by atoms with van der Waals surface area (Å²) in [5.74, 6) is -0.829. The molecule has 19 heavy (non-hydrogen) atoms. The van der Waals surface area contributed by atoms with E-state index in [1.807, 2.05) is 6.92 Å². The number of benzene rings is 1. The Morgan fingerprint density at radius 1 is 1.32 bits per heavy atom. The Labute approximate surface area is 122 Å². The van der Waals surface area contributed by atoms with E-state index in [0.717, 1.165) is 5.56 Å². The topological polar surface area (TPSA) is 58.9 Å². The first-order valence-corrected chi connectivity index (χ1v) is 6.66. The summed E-state index contributed by atoms with van der Waals surface area (Å²) in [5, 5.41) is 13.5. The van der Waals surface area contributed by atoms with E-state index in [2.05, 4.69) is 5.16 Å². The van der Waals surface area contributed by atoms with E-state index in [9.17, 15) is 4.79 Å². The fraction of sp³-hybridized carbons (Fsp3) is 0.385. The number of hydrogen-bond acceptors (Lipinski definition) is 3.